The molecule has 0 aliphatic carbocycles. The highest BCUT2D eigenvalue weighted by Gasteiger charge is 2.13. The highest BCUT2D eigenvalue weighted by molar-refractivity contribution is 5.20. The predicted octanol–water partition coefficient (Wildman–Crippen LogP) is 0.834. The Morgan fingerprint density at radius 2 is 2.14 bits per heavy atom. The van der Waals surface area contributed by atoms with E-state index in [1.54, 1.807) is 18.2 Å². The average molecular weight is 199 g/mol. The summed E-state index contributed by atoms with van der Waals surface area (Å²) in [6.45, 7) is 0.266. The molecule has 0 saturated heterocycles. The molecule has 1 aromatic carbocycles. The number of halogens is 1. The van der Waals surface area contributed by atoms with Crippen molar-refractivity contribution in [3.8, 4) is 0 Å². The van der Waals surface area contributed by atoms with Crippen LogP contribution in [0.2, 0.25) is 0 Å². The molecule has 0 aromatic heterocycles. The predicted molar refractivity (Wildman–Crippen MR) is 51.2 cm³/mol. The van der Waals surface area contributed by atoms with Crippen LogP contribution in [-0.2, 0) is 4.74 Å². The molecular formula is C10H14FNO2. The first kappa shape index (κ1) is 11.1. The summed E-state index contributed by atoms with van der Waals surface area (Å²) in [4.78, 5) is 0. The minimum absolute atomic E-state index is 0.0923. The van der Waals surface area contributed by atoms with Gasteiger partial charge in [0.25, 0.3) is 0 Å². The van der Waals surface area contributed by atoms with Crippen LogP contribution >= 0.6 is 0 Å². The Bertz CT molecular complexity index is 281. The Hall–Kier alpha value is -0.970. The smallest absolute Gasteiger partial charge is 0.129 e. The van der Waals surface area contributed by atoms with Gasteiger partial charge in [-0.15, -0.1) is 0 Å². The monoisotopic (exact) mass is 199 g/mol. The molecule has 0 spiro atoms. The molecule has 78 valence electrons. The summed E-state index contributed by atoms with van der Waals surface area (Å²) in [5.41, 5.74) is 5.87. The minimum atomic E-state index is -0.483. The highest BCUT2D eigenvalue weighted by Crippen LogP contribution is 2.18. The Morgan fingerprint density at radius 3 is 2.71 bits per heavy atom. The van der Waals surface area contributed by atoms with Gasteiger partial charge in [-0.2, -0.15) is 0 Å². The maximum atomic E-state index is 13.3. The van der Waals surface area contributed by atoms with Crippen LogP contribution in [-0.4, -0.2) is 24.9 Å². The van der Waals surface area contributed by atoms with E-state index in [9.17, 15) is 4.39 Å². The zero-order chi connectivity index (χ0) is 10.4. The number of hydrogen-bond donors (Lipinski definition) is 2. The molecule has 14 heavy (non-hydrogen) atoms. The van der Waals surface area contributed by atoms with Crippen LogP contribution in [0.3, 0.4) is 0 Å². The highest BCUT2D eigenvalue weighted by atomic mass is 19.1. The number of hydrogen-bond acceptors (Lipinski definition) is 3. The molecule has 0 heterocycles. The lowest BCUT2D eigenvalue weighted by molar-refractivity contribution is 0.0310. The lowest BCUT2D eigenvalue weighted by Gasteiger charge is -2.16. The molecule has 0 fully saturated rings. The second-order valence-electron chi connectivity index (χ2n) is 2.84. The average Bonchev–Trinajstić information content (AvgIpc) is 2.21. The van der Waals surface area contributed by atoms with E-state index >= 15 is 0 Å². The van der Waals surface area contributed by atoms with Crippen molar-refractivity contribution in [2.75, 3.05) is 19.8 Å². The van der Waals surface area contributed by atoms with Gasteiger partial charge in [0.05, 0.1) is 19.3 Å². The Morgan fingerprint density at radius 1 is 1.43 bits per heavy atom. The van der Waals surface area contributed by atoms with Gasteiger partial charge >= 0.3 is 0 Å². The molecule has 3 nitrogen and oxygen atoms in total. The molecule has 0 bridgehead atoms. The number of benzene rings is 1. The third kappa shape index (κ3) is 2.77. The van der Waals surface area contributed by atoms with Gasteiger partial charge in [-0.05, 0) is 6.07 Å². The Labute approximate surface area is 82.3 Å². The Balaban J connectivity index is 2.73. The van der Waals surface area contributed by atoms with E-state index in [0.717, 1.165) is 0 Å². The SMILES string of the molecule is NCC(OCCO)c1ccccc1F. The van der Waals surface area contributed by atoms with Gasteiger partial charge in [-0.25, -0.2) is 4.39 Å². The van der Waals surface area contributed by atoms with Gasteiger partial charge in [0.2, 0.25) is 0 Å². The summed E-state index contributed by atoms with van der Waals surface area (Å²) in [6, 6.07) is 6.33. The fraction of sp³-hybridized carbons (Fsp3) is 0.400. The van der Waals surface area contributed by atoms with Gasteiger partial charge in [-0.3, -0.25) is 0 Å². The summed E-state index contributed by atoms with van der Waals surface area (Å²) in [5.74, 6) is -0.333. The molecule has 1 rings (SSSR count). The van der Waals surface area contributed by atoms with Crippen molar-refractivity contribution >= 4 is 0 Å². The van der Waals surface area contributed by atoms with Gasteiger partial charge in [0, 0.05) is 12.1 Å². The van der Waals surface area contributed by atoms with Crippen molar-refractivity contribution in [2.24, 2.45) is 5.73 Å². The normalized spacial score (nSPS) is 12.8. The van der Waals surface area contributed by atoms with E-state index in [4.69, 9.17) is 15.6 Å². The molecule has 0 aliphatic heterocycles. The molecular weight excluding hydrogens is 185 g/mol. The van der Waals surface area contributed by atoms with Gasteiger partial charge < -0.3 is 15.6 Å². The molecule has 1 atom stereocenters. The van der Waals surface area contributed by atoms with Crippen LogP contribution in [0, 0.1) is 5.82 Å². The van der Waals surface area contributed by atoms with Crippen LogP contribution < -0.4 is 5.73 Å². The quantitative estimate of drug-likeness (QED) is 0.738. The molecule has 0 saturated carbocycles. The molecule has 4 heteroatoms. The molecule has 0 amide bonds. The van der Waals surface area contributed by atoms with Crippen molar-refractivity contribution in [1.29, 1.82) is 0 Å². The lowest BCUT2D eigenvalue weighted by Crippen LogP contribution is -2.18. The summed E-state index contributed by atoms with van der Waals surface area (Å²) >= 11 is 0. The van der Waals surface area contributed by atoms with Gasteiger partial charge in [-0.1, -0.05) is 18.2 Å². The number of ether oxygens (including phenoxy) is 1. The zero-order valence-corrected chi connectivity index (χ0v) is 7.82. The largest absolute Gasteiger partial charge is 0.394 e. The molecule has 0 radical (unpaired) electrons. The topological polar surface area (TPSA) is 55.5 Å². The molecule has 3 N–H and O–H groups in total. The van der Waals surface area contributed by atoms with E-state index in [2.05, 4.69) is 0 Å². The molecule has 1 aromatic rings. The summed E-state index contributed by atoms with van der Waals surface area (Å²) in [7, 11) is 0. The first-order valence-electron chi connectivity index (χ1n) is 4.46. The van der Waals surface area contributed by atoms with Crippen LogP contribution in [0.5, 0.6) is 0 Å². The van der Waals surface area contributed by atoms with Crippen molar-refractivity contribution in [3.05, 3.63) is 35.6 Å². The van der Waals surface area contributed by atoms with Gasteiger partial charge in [0.15, 0.2) is 0 Å². The summed E-state index contributed by atoms with van der Waals surface area (Å²) in [6.07, 6.45) is -0.483. The maximum Gasteiger partial charge on any atom is 0.129 e. The first-order chi connectivity index (χ1) is 6.79. The standard InChI is InChI=1S/C10H14FNO2/c11-9-4-2-1-3-8(9)10(7-12)14-6-5-13/h1-4,10,13H,5-7,12H2. The minimum Gasteiger partial charge on any atom is -0.394 e. The number of aliphatic hydroxyl groups excluding tert-OH is 1. The van der Waals surface area contributed by atoms with Crippen LogP contribution in [0.25, 0.3) is 0 Å². The molecule has 0 aliphatic rings. The third-order valence-corrected chi connectivity index (χ3v) is 1.88. The second kappa shape index (κ2) is 5.70. The van der Waals surface area contributed by atoms with E-state index in [-0.39, 0.29) is 25.6 Å². The van der Waals surface area contributed by atoms with Crippen molar-refractivity contribution in [1.82, 2.24) is 0 Å². The van der Waals surface area contributed by atoms with E-state index in [1.807, 2.05) is 0 Å². The van der Waals surface area contributed by atoms with E-state index in [0.29, 0.717) is 5.56 Å². The van der Waals surface area contributed by atoms with Crippen LogP contribution in [0.1, 0.15) is 11.7 Å². The molecule has 1 unspecified atom stereocenters. The fourth-order valence-electron chi connectivity index (χ4n) is 1.22. The van der Waals surface area contributed by atoms with E-state index < -0.39 is 6.10 Å². The van der Waals surface area contributed by atoms with Crippen molar-refractivity contribution in [2.45, 2.75) is 6.10 Å². The Kier molecular flexibility index (Phi) is 4.52. The lowest BCUT2D eigenvalue weighted by atomic mass is 10.1. The number of nitrogens with two attached hydrogens (primary N) is 1. The second-order valence-corrected chi connectivity index (χ2v) is 2.84. The third-order valence-electron chi connectivity index (χ3n) is 1.88. The van der Waals surface area contributed by atoms with Gasteiger partial charge in [0.1, 0.15) is 5.82 Å². The maximum absolute atomic E-state index is 13.3. The van der Waals surface area contributed by atoms with Crippen molar-refractivity contribution < 1.29 is 14.2 Å². The van der Waals surface area contributed by atoms with Crippen LogP contribution in [0.15, 0.2) is 24.3 Å². The number of aliphatic hydroxyl groups is 1. The fourth-order valence-corrected chi connectivity index (χ4v) is 1.22. The van der Waals surface area contributed by atoms with E-state index in [1.165, 1.54) is 6.07 Å². The van der Waals surface area contributed by atoms with Crippen LogP contribution in [0.4, 0.5) is 4.39 Å². The number of rotatable bonds is 5. The summed E-state index contributed by atoms with van der Waals surface area (Å²) in [5, 5.41) is 8.57. The van der Waals surface area contributed by atoms with Crippen molar-refractivity contribution in [3.63, 3.8) is 0 Å². The first-order valence-corrected chi connectivity index (χ1v) is 4.46. The summed E-state index contributed by atoms with van der Waals surface area (Å²) < 4.78 is 18.4. The zero-order valence-electron chi connectivity index (χ0n) is 7.82.